The molecule has 1 aromatic carbocycles. The summed E-state index contributed by atoms with van der Waals surface area (Å²) in [6.07, 6.45) is 3.24. The van der Waals surface area contributed by atoms with Crippen molar-refractivity contribution in [1.29, 1.82) is 0 Å². The first kappa shape index (κ1) is 13.2. The van der Waals surface area contributed by atoms with Gasteiger partial charge in [0.25, 0.3) is 0 Å². The Labute approximate surface area is 122 Å². The second kappa shape index (κ2) is 5.66. The Bertz CT molecular complexity index is 780. The van der Waals surface area contributed by atoms with Gasteiger partial charge in [-0.1, -0.05) is 12.1 Å². The third-order valence-corrected chi connectivity index (χ3v) is 3.07. The van der Waals surface area contributed by atoms with E-state index in [-0.39, 0.29) is 0 Å². The number of nitrogens with zero attached hydrogens (tertiary/aromatic N) is 2. The molecule has 1 N–H and O–H groups in total. The van der Waals surface area contributed by atoms with Gasteiger partial charge < -0.3 is 9.15 Å². The van der Waals surface area contributed by atoms with Gasteiger partial charge in [-0.05, 0) is 31.2 Å². The molecule has 0 bridgehead atoms. The quantitative estimate of drug-likeness (QED) is 0.586. The van der Waals surface area contributed by atoms with Gasteiger partial charge in [-0.25, -0.2) is 4.98 Å². The van der Waals surface area contributed by atoms with Crippen LogP contribution in [-0.4, -0.2) is 18.3 Å². The van der Waals surface area contributed by atoms with Crippen molar-refractivity contribution < 1.29 is 9.15 Å². The maximum atomic E-state index is 5.36. The Balaban J connectivity index is 1.98. The molecule has 0 saturated heterocycles. The van der Waals surface area contributed by atoms with Gasteiger partial charge in [0.15, 0.2) is 0 Å². The van der Waals surface area contributed by atoms with E-state index in [1.54, 1.807) is 19.6 Å². The molecule has 0 atom stereocenters. The van der Waals surface area contributed by atoms with Crippen molar-refractivity contribution >= 4 is 22.8 Å². The predicted octanol–water partition coefficient (Wildman–Crippen LogP) is 3.59. The van der Waals surface area contributed by atoms with E-state index in [0.29, 0.717) is 5.76 Å². The summed E-state index contributed by atoms with van der Waals surface area (Å²) in [5.41, 5.74) is 5.61. The molecule has 5 heteroatoms. The first-order valence-corrected chi connectivity index (χ1v) is 6.55. The second-order valence-electron chi connectivity index (χ2n) is 4.55. The number of ether oxygens (including phenoxy) is 1. The van der Waals surface area contributed by atoms with E-state index < -0.39 is 0 Å². The van der Waals surface area contributed by atoms with Crippen LogP contribution in [0.3, 0.4) is 0 Å². The highest BCUT2D eigenvalue weighted by molar-refractivity contribution is 5.95. The molecule has 5 nitrogen and oxygen atoms in total. The van der Waals surface area contributed by atoms with Crippen LogP contribution in [0, 0.1) is 6.92 Å². The number of hydrazone groups is 1. The van der Waals surface area contributed by atoms with Gasteiger partial charge in [0, 0.05) is 11.1 Å². The van der Waals surface area contributed by atoms with E-state index in [1.807, 2.05) is 43.3 Å². The molecule has 0 aliphatic carbocycles. The molecule has 106 valence electrons. The fourth-order valence-electron chi connectivity index (χ4n) is 2.14. The summed E-state index contributed by atoms with van der Waals surface area (Å²) >= 11 is 0. The lowest BCUT2D eigenvalue weighted by atomic mass is 10.1. The molecule has 0 fully saturated rings. The Morgan fingerprint density at radius 2 is 2.19 bits per heavy atom. The first-order valence-electron chi connectivity index (χ1n) is 6.55. The molecule has 0 aliphatic heterocycles. The lowest BCUT2D eigenvalue weighted by molar-refractivity contribution is 0.419. The van der Waals surface area contributed by atoms with Crippen LogP contribution < -0.4 is 10.2 Å². The number of pyridine rings is 1. The zero-order valence-corrected chi connectivity index (χ0v) is 11.8. The number of rotatable bonds is 4. The van der Waals surface area contributed by atoms with Crippen molar-refractivity contribution in [3.8, 4) is 5.75 Å². The fourth-order valence-corrected chi connectivity index (χ4v) is 2.14. The molecule has 2 heterocycles. The molecular weight excluding hydrogens is 266 g/mol. The van der Waals surface area contributed by atoms with Crippen molar-refractivity contribution in [1.82, 2.24) is 4.98 Å². The summed E-state index contributed by atoms with van der Waals surface area (Å²) < 4.78 is 10.6. The van der Waals surface area contributed by atoms with E-state index in [4.69, 9.17) is 9.15 Å². The Morgan fingerprint density at radius 3 is 2.95 bits per heavy atom. The molecule has 3 rings (SSSR count). The number of hydrogen-bond acceptors (Lipinski definition) is 5. The number of fused-ring (bicyclic) bond motifs is 1. The maximum Gasteiger partial charge on any atom is 0.146 e. The van der Waals surface area contributed by atoms with E-state index in [0.717, 1.165) is 28.0 Å². The molecule has 0 unspecified atom stereocenters. The van der Waals surface area contributed by atoms with E-state index in [9.17, 15) is 0 Å². The van der Waals surface area contributed by atoms with Crippen molar-refractivity contribution in [3.05, 3.63) is 54.1 Å². The van der Waals surface area contributed by atoms with Gasteiger partial charge in [-0.15, -0.1) is 0 Å². The largest absolute Gasteiger partial charge is 0.494 e. The third-order valence-electron chi connectivity index (χ3n) is 3.07. The minimum atomic E-state index is 0.690. The van der Waals surface area contributed by atoms with Crippen LogP contribution in [-0.2, 0) is 0 Å². The second-order valence-corrected chi connectivity index (χ2v) is 4.55. The number of hydrogen-bond donors (Lipinski definition) is 1. The highest BCUT2D eigenvalue weighted by Crippen LogP contribution is 2.29. The third kappa shape index (κ3) is 2.72. The number of furan rings is 1. The van der Waals surface area contributed by atoms with Crippen molar-refractivity contribution in [2.24, 2.45) is 5.10 Å². The fraction of sp³-hybridized carbons (Fsp3) is 0.125. The number of para-hydroxylation sites is 1. The Hall–Kier alpha value is -2.82. The van der Waals surface area contributed by atoms with Gasteiger partial charge in [0.05, 0.1) is 25.3 Å². The standard InChI is InChI=1S/C16H15N3O2/c1-11-9-14(19-17-10-12-5-4-8-21-12)13-6-3-7-15(20-2)16(13)18-11/h3-10H,1-2H3,(H,18,19). The molecule has 0 amide bonds. The smallest absolute Gasteiger partial charge is 0.146 e. The first-order chi connectivity index (χ1) is 10.3. The summed E-state index contributed by atoms with van der Waals surface area (Å²) in [6, 6.07) is 11.4. The molecule has 3 aromatic rings. The van der Waals surface area contributed by atoms with Crippen molar-refractivity contribution in [2.75, 3.05) is 12.5 Å². The zero-order chi connectivity index (χ0) is 14.7. The van der Waals surface area contributed by atoms with Gasteiger partial charge in [0.2, 0.25) is 0 Å². The topological polar surface area (TPSA) is 59.6 Å². The van der Waals surface area contributed by atoms with Gasteiger partial charge in [0.1, 0.15) is 17.0 Å². The lowest BCUT2D eigenvalue weighted by Gasteiger charge is -2.09. The van der Waals surface area contributed by atoms with E-state index >= 15 is 0 Å². The average molecular weight is 281 g/mol. The van der Waals surface area contributed by atoms with Crippen LogP contribution in [0.4, 0.5) is 5.69 Å². The van der Waals surface area contributed by atoms with Crippen LogP contribution in [0.2, 0.25) is 0 Å². The van der Waals surface area contributed by atoms with Gasteiger partial charge in [-0.2, -0.15) is 5.10 Å². The van der Waals surface area contributed by atoms with Crippen molar-refractivity contribution in [2.45, 2.75) is 6.92 Å². The minimum Gasteiger partial charge on any atom is -0.494 e. The van der Waals surface area contributed by atoms with Crippen LogP contribution in [0.25, 0.3) is 10.9 Å². The number of methoxy groups -OCH3 is 1. The summed E-state index contributed by atoms with van der Waals surface area (Å²) in [7, 11) is 1.64. The van der Waals surface area contributed by atoms with Crippen LogP contribution >= 0.6 is 0 Å². The molecule has 2 aromatic heterocycles. The Kier molecular flexibility index (Phi) is 3.55. The summed E-state index contributed by atoms with van der Waals surface area (Å²) in [4.78, 5) is 4.53. The average Bonchev–Trinajstić information content (AvgIpc) is 3.00. The SMILES string of the molecule is COc1cccc2c(NN=Cc3ccco3)cc(C)nc12. The molecule has 21 heavy (non-hydrogen) atoms. The Morgan fingerprint density at radius 1 is 1.29 bits per heavy atom. The van der Waals surface area contributed by atoms with E-state index in [2.05, 4.69) is 15.5 Å². The van der Waals surface area contributed by atoms with E-state index in [1.165, 1.54) is 0 Å². The maximum absolute atomic E-state index is 5.36. The number of aryl methyl sites for hydroxylation is 1. The van der Waals surface area contributed by atoms with Crippen molar-refractivity contribution in [3.63, 3.8) is 0 Å². The number of benzene rings is 1. The highest BCUT2D eigenvalue weighted by atomic mass is 16.5. The van der Waals surface area contributed by atoms with Crippen LogP contribution in [0.15, 0.2) is 52.2 Å². The summed E-state index contributed by atoms with van der Waals surface area (Å²) in [5.74, 6) is 1.43. The van der Waals surface area contributed by atoms with Gasteiger partial charge >= 0.3 is 0 Å². The van der Waals surface area contributed by atoms with Crippen LogP contribution in [0.5, 0.6) is 5.75 Å². The summed E-state index contributed by atoms with van der Waals surface area (Å²) in [6.45, 7) is 1.94. The summed E-state index contributed by atoms with van der Waals surface area (Å²) in [5, 5.41) is 5.15. The van der Waals surface area contributed by atoms with Crippen LogP contribution in [0.1, 0.15) is 11.5 Å². The molecule has 0 radical (unpaired) electrons. The molecule has 0 saturated carbocycles. The molecular formula is C16H15N3O2. The number of nitrogens with one attached hydrogen (secondary N) is 1. The minimum absolute atomic E-state index is 0.690. The van der Waals surface area contributed by atoms with Gasteiger partial charge in [-0.3, -0.25) is 5.43 Å². The number of anilines is 1. The molecule has 0 aliphatic rings. The zero-order valence-electron chi connectivity index (χ0n) is 11.8. The monoisotopic (exact) mass is 281 g/mol. The lowest BCUT2D eigenvalue weighted by Crippen LogP contribution is -1.96. The highest BCUT2D eigenvalue weighted by Gasteiger charge is 2.07. The predicted molar refractivity (Wildman–Crippen MR) is 83.0 cm³/mol. The molecule has 0 spiro atoms. The number of aromatic nitrogens is 1. The normalized spacial score (nSPS) is 11.1.